The van der Waals surface area contributed by atoms with Crippen molar-refractivity contribution in [3.05, 3.63) is 90.8 Å². The smallest absolute Gasteiger partial charge is 0.254 e. The number of fused-ring (bicyclic) bond motifs is 1. The Morgan fingerprint density at radius 1 is 0.818 bits per heavy atom. The topological polar surface area (TPSA) is 83.5 Å². The fourth-order valence-electron chi connectivity index (χ4n) is 4.07. The van der Waals surface area contributed by atoms with Crippen molar-refractivity contribution in [2.75, 3.05) is 26.2 Å². The average Bonchev–Trinajstić information content (AvgIpc) is 2.88. The van der Waals surface area contributed by atoms with E-state index in [1.165, 1.54) is 4.31 Å². The van der Waals surface area contributed by atoms with Crippen molar-refractivity contribution in [2.45, 2.75) is 4.90 Å². The lowest BCUT2D eigenvalue weighted by atomic mass is 10.0. The summed E-state index contributed by atoms with van der Waals surface area (Å²) in [7, 11) is -3.57. The van der Waals surface area contributed by atoms with Gasteiger partial charge in [-0.05, 0) is 36.4 Å². The van der Waals surface area contributed by atoms with E-state index in [1.54, 1.807) is 47.6 Å². The Morgan fingerprint density at radius 3 is 2.21 bits per heavy atom. The van der Waals surface area contributed by atoms with Gasteiger partial charge in [0.15, 0.2) is 0 Å². The molecular weight excluding hydrogens is 436 g/mol. The van der Waals surface area contributed by atoms with Crippen molar-refractivity contribution in [3.63, 3.8) is 0 Å². The van der Waals surface area contributed by atoms with Crippen LogP contribution in [0.1, 0.15) is 10.4 Å². The summed E-state index contributed by atoms with van der Waals surface area (Å²) in [6.07, 6.45) is 3.39. The fraction of sp³-hybridized carbons (Fsp3) is 0.160. The predicted molar refractivity (Wildman–Crippen MR) is 126 cm³/mol. The van der Waals surface area contributed by atoms with Gasteiger partial charge in [-0.1, -0.05) is 36.4 Å². The lowest BCUT2D eigenvalue weighted by Crippen LogP contribution is -2.50. The number of nitrogens with zero attached hydrogens (tertiary/aromatic N) is 4. The van der Waals surface area contributed by atoms with E-state index in [0.717, 1.165) is 16.5 Å². The molecule has 0 aliphatic carbocycles. The summed E-state index contributed by atoms with van der Waals surface area (Å²) in [5.41, 5.74) is 2.88. The summed E-state index contributed by atoms with van der Waals surface area (Å²) in [6.45, 7) is 1.16. The van der Waals surface area contributed by atoms with Crippen LogP contribution in [0.4, 0.5) is 0 Å². The van der Waals surface area contributed by atoms with E-state index < -0.39 is 10.0 Å². The molecule has 2 aromatic heterocycles. The first-order valence-electron chi connectivity index (χ1n) is 10.7. The Kier molecular flexibility index (Phi) is 5.62. The minimum atomic E-state index is -3.57. The first-order chi connectivity index (χ1) is 16.0. The normalized spacial score (nSPS) is 15.0. The molecule has 1 amide bonds. The zero-order valence-electron chi connectivity index (χ0n) is 17.8. The van der Waals surface area contributed by atoms with Gasteiger partial charge < -0.3 is 4.90 Å². The number of aromatic nitrogens is 2. The second-order valence-corrected chi connectivity index (χ2v) is 9.76. The van der Waals surface area contributed by atoms with E-state index in [4.69, 9.17) is 4.98 Å². The van der Waals surface area contributed by atoms with E-state index in [9.17, 15) is 13.2 Å². The molecule has 0 saturated carbocycles. The Bertz CT molecular complexity index is 1400. The van der Waals surface area contributed by atoms with E-state index in [1.807, 2.05) is 42.5 Å². The summed E-state index contributed by atoms with van der Waals surface area (Å²) < 4.78 is 27.3. The SMILES string of the molecule is O=C(c1cc(-c2ccncc2)nc2ccccc12)N1CCN(S(=O)(=O)c2ccccc2)CC1. The number of amides is 1. The van der Waals surface area contributed by atoms with Crippen molar-refractivity contribution < 1.29 is 13.2 Å². The minimum Gasteiger partial charge on any atom is -0.336 e. The Morgan fingerprint density at radius 2 is 1.48 bits per heavy atom. The highest BCUT2D eigenvalue weighted by Crippen LogP contribution is 2.26. The van der Waals surface area contributed by atoms with Gasteiger partial charge in [0.2, 0.25) is 10.0 Å². The third-order valence-corrected chi connectivity index (χ3v) is 7.74. The molecule has 0 bridgehead atoms. The lowest BCUT2D eigenvalue weighted by molar-refractivity contribution is 0.0700. The highest BCUT2D eigenvalue weighted by molar-refractivity contribution is 7.89. The van der Waals surface area contributed by atoms with Crippen molar-refractivity contribution in [3.8, 4) is 11.3 Å². The molecular formula is C25H22N4O3S. The van der Waals surface area contributed by atoms with Gasteiger partial charge in [0.05, 0.1) is 21.7 Å². The molecule has 1 aliphatic rings. The Labute approximate surface area is 192 Å². The number of carbonyl (C=O) groups is 1. The molecule has 0 unspecified atom stereocenters. The van der Waals surface area contributed by atoms with E-state index in [-0.39, 0.29) is 23.9 Å². The fourth-order valence-corrected chi connectivity index (χ4v) is 5.51. The summed E-state index contributed by atoms with van der Waals surface area (Å²) >= 11 is 0. The largest absolute Gasteiger partial charge is 0.336 e. The van der Waals surface area contributed by atoms with E-state index >= 15 is 0 Å². The first-order valence-corrected chi connectivity index (χ1v) is 12.1. The molecule has 5 rings (SSSR count). The third-order valence-electron chi connectivity index (χ3n) is 5.83. The molecule has 1 aliphatic heterocycles. The number of benzene rings is 2. The summed E-state index contributed by atoms with van der Waals surface area (Å²) in [4.78, 5) is 24.3. The van der Waals surface area contributed by atoms with Gasteiger partial charge in [-0.25, -0.2) is 13.4 Å². The highest BCUT2D eigenvalue weighted by Gasteiger charge is 2.31. The van der Waals surface area contributed by atoms with Crippen LogP contribution in [-0.2, 0) is 10.0 Å². The molecule has 0 radical (unpaired) electrons. The van der Waals surface area contributed by atoms with Crippen LogP contribution in [0.3, 0.4) is 0 Å². The van der Waals surface area contributed by atoms with Gasteiger partial charge in [-0.15, -0.1) is 0 Å². The van der Waals surface area contributed by atoms with Crippen LogP contribution in [0.2, 0.25) is 0 Å². The standard InChI is InChI=1S/C25H22N4O3S/c30-25(28-14-16-29(17-15-28)33(31,32)20-6-2-1-3-7-20)22-18-24(19-10-12-26-13-11-19)27-23-9-5-4-8-21(22)23/h1-13,18H,14-17H2. The van der Waals surface area contributed by atoms with Crippen LogP contribution < -0.4 is 0 Å². The summed E-state index contributed by atoms with van der Waals surface area (Å²) in [6, 6.07) is 21.5. The van der Waals surface area contributed by atoms with Gasteiger partial charge in [0, 0.05) is 49.5 Å². The van der Waals surface area contributed by atoms with Gasteiger partial charge in [-0.2, -0.15) is 4.31 Å². The maximum absolute atomic E-state index is 13.5. The molecule has 2 aromatic carbocycles. The molecule has 4 aromatic rings. The van der Waals surface area contributed by atoms with Crippen molar-refractivity contribution in [1.29, 1.82) is 0 Å². The second kappa shape index (κ2) is 8.73. The molecule has 166 valence electrons. The minimum absolute atomic E-state index is 0.124. The number of hydrogen-bond acceptors (Lipinski definition) is 5. The van der Waals surface area contributed by atoms with Crippen LogP contribution in [-0.4, -0.2) is 59.7 Å². The highest BCUT2D eigenvalue weighted by atomic mass is 32.2. The summed E-state index contributed by atoms with van der Waals surface area (Å²) in [5, 5.41) is 0.777. The lowest BCUT2D eigenvalue weighted by Gasteiger charge is -2.34. The molecule has 3 heterocycles. The van der Waals surface area contributed by atoms with Crippen molar-refractivity contribution in [1.82, 2.24) is 19.2 Å². The quantitative estimate of drug-likeness (QED) is 0.468. The predicted octanol–water partition coefficient (Wildman–Crippen LogP) is 3.44. The maximum Gasteiger partial charge on any atom is 0.254 e. The second-order valence-electron chi connectivity index (χ2n) is 7.82. The van der Waals surface area contributed by atoms with Gasteiger partial charge in [-0.3, -0.25) is 9.78 Å². The maximum atomic E-state index is 13.5. The number of hydrogen-bond donors (Lipinski definition) is 0. The number of piperazine rings is 1. The van der Waals surface area contributed by atoms with Crippen molar-refractivity contribution >= 4 is 26.8 Å². The molecule has 1 saturated heterocycles. The zero-order chi connectivity index (χ0) is 22.8. The molecule has 33 heavy (non-hydrogen) atoms. The van der Waals surface area contributed by atoms with Gasteiger partial charge in [0.1, 0.15) is 0 Å². The number of para-hydroxylation sites is 1. The third kappa shape index (κ3) is 4.10. The molecule has 0 spiro atoms. The average molecular weight is 459 g/mol. The Balaban J connectivity index is 1.42. The molecule has 0 atom stereocenters. The summed E-state index contributed by atoms with van der Waals surface area (Å²) in [5.74, 6) is -0.124. The zero-order valence-corrected chi connectivity index (χ0v) is 18.6. The van der Waals surface area contributed by atoms with E-state index in [2.05, 4.69) is 4.98 Å². The van der Waals surface area contributed by atoms with Crippen LogP contribution >= 0.6 is 0 Å². The molecule has 0 N–H and O–H groups in total. The van der Waals surface area contributed by atoms with E-state index in [0.29, 0.717) is 24.3 Å². The van der Waals surface area contributed by atoms with Gasteiger partial charge in [0.25, 0.3) is 5.91 Å². The first kappa shape index (κ1) is 21.2. The monoisotopic (exact) mass is 458 g/mol. The number of carbonyl (C=O) groups excluding carboxylic acids is 1. The number of rotatable bonds is 4. The Hall–Kier alpha value is -3.62. The number of sulfonamides is 1. The number of pyridine rings is 2. The van der Waals surface area contributed by atoms with Crippen molar-refractivity contribution in [2.24, 2.45) is 0 Å². The van der Waals surface area contributed by atoms with Gasteiger partial charge >= 0.3 is 0 Å². The molecule has 8 heteroatoms. The van der Waals surface area contributed by atoms with Crippen LogP contribution in [0.15, 0.2) is 90.1 Å². The van der Waals surface area contributed by atoms with Crippen LogP contribution in [0.5, 0.6) is 0 Å². The van der Waals surface area contributed by atoms with Crippen LogP contribution in [0, 0.1) is 0 Å². The molecule has 1 fully saturated rings. The van der Waals surface area contributed by atoms with Crippen LogP contribution in [0.25, 0.3) is 22.2 Å². The molecule has 7 nitrogen and oxygen atoms in total.